The van der Waals surface area contributed by atoms with Gasteiger partial charge in [-0.05, 0) is 68.2 Å². The van der Waals surface area contributed by atoms with E-state index in [-0.39, 0.29) is 12.1 Å². The average Bonchev–Trinajstić information content (AvgIpc) is 2.89. The first-order chi connectivity index (χ1) is 12.7. The molecule has 2 aliphatic rings. The summed E-state index contributed by atoms with van der Waals surface area (Å²) in [6.45, 7) is 8.96. The summed E-state index contributed by atoms with van der Waals surface area (Å²) in [5.74, 6) is 1.21. The normalized spacial score (nSPS) is 23.5. The highest BCUT2D eigenvalue weighted by molar-refractivity contribution is 7.90. The Morgan fingerprint density at radius 1 is 1.19 bits per heavy atom. The molecule has 27 heavy (non-hydrogen) atoms. The SMILES string of the molecule is CC1Cc2cc(NC(=O)N3CCC(NS(=O)(=O)C(C)C)CC3)ccc2C1C. The van der Waals surface area contributed by atoms with Gasteiger partial charge in [0.15, 0.2) is 0 Å². The number of piperidine rings is 1. The van der Waals surface area contributed by atoms with Crippen molar-refractivity contribution < 1.29 is 13.2 Å². The molecule has 1 saturated heterocycles. The minimum Gasteiger partial charge on any atom is -0.324 e. The summed E-state index contributed by atoms with van der Waals surface area (Å²) in [6, 6.07) is 6.00. The molecule has 6 nitrogen and oxygen atoms in total. The molecule has 0 bridgehead atoms. The first-order valence-electron chi connectivity index (χ1n) is 9.87. The zero-order chi connectivity index (χ0) is 19.8. The van der Waals surface area contributed by atoms with Gasteiger partial charge in [0.05, 0.1) is 5.25 Å². The van der Waals surface area contributed by atoms with Crippen LogP contribution in [0.1, 0.15) is 57.6 Å². The molecule has 2 unspecified atom stereocenters. The summed E-state index contributed by atoms with van der Waals surface area (Å²) in [6.07, 6.45) is 2.33. The Bertz CT molecular complexity index is 799. The molecule has 1 aliphatic heterocycles. The number of amides is 2. The summed E-state index contributed by atoms with van der Waals surface area (Å²) in [4.78, 5) is 14.3. The second-order valence-electron chi connectivity index (χ2n) is 8.29. The molecule has 0 aromatic heterocycles. The number of hydrogen-bond donors (Lipinski definition) is 2. The van der Waals surface area contributed by atoms with Gasteiger partial charge >= 0.3 is 6.03 Å². The molecule has 0 saturated carbocycles. The van der Waals surface area contributed by atoms with Gasteiger partial charge in [-0.1, -0.05) is 19.9 Å². The molecule has 7 heteroatoms. The van der Waals surface area contributed by atoms with Crippen LogP contribution >= 0.6 is 0 Å². The third kappa shape index (κ3) is 4.46. The van der Waals surface area contributed by atoms with E-state index in [0.29, 0.717) is 37.8 Å². The van der Waals surface area contributed by atoms with Crippen LogP contribution in [0.2, 0.25) is 0 Å². The number of urea groups is 1. The van der Waals surface area contributed by atoms with E-state index < -0.39 is 15.3 Å². The number of fused-ring (bicyclic) bond motifs is 1. The lowest BCUT2D eigenvalue weighted by atomic mass is 9.97. The predicted octanol–water partition coefficient (Wildman–Crippen LogP) is 3.31. The molecule has 1 aliphatic carbocycles. The third-order valence-corrected chi connectivity index (χ3v) is 7.92. The van der Waals surface area contributed by atoms with E-state index in [1.54, 1.807) is 18.7 Å². The maximum Gasteiger partial charge on any atom is 0.321 e. The molecule has 1 aromatic carbocycles. The van der Waals surface area contributed by atoms with E-state index in [1.165, 1.54) is 11.1 Å². The first-order valence-corrected chi connectivity index (χ1v) is 11.4. The summed E-state index contributed by atoms with van der Waals surface area (Å²) in [7, 11) is -3.27. The molecule has 0 spiro atoms. The van der Waals surface area contributed by atoms with Gasteiger partial charge in [0.2, 0.25) is 10.0 Å². The number of nitrogens with one attached hydrogen (secondary N) is 2. The van der Waals surface area contributed by atoms with Crippen molar-refractivity contribution in [1.29, 1.82) is 0 Å². The topological polar surface area (TPSA) is 78.5 Å². The van der Waals surface area contributed by atoms with Crippen LogP contribution in [0.5, 0.6) is 0 Å². The Morgan fingerprint density at radius 3 is 2.48 bits per heavy atom. The first kappa shape index (κ1) is 20.1. The number of carbonyl (C=O) groups is 1. The van der Waals surface area contributed by atoms with E-state index >= 15 is 0 Å². The molecule has 2 amide bonds. The van der Waals surface area contributed by atoms with E-state index in [0.717, 1.165) is 12.1 Å². The van der Waals surface area contributed by atoms with Crippen LogP contribution in [-0.2, 0) is 16.4 Å². The number of carbonyl (C=O) groups excluding carboxylic acids is 1. The summed E-state index contributed by atoms with van der Waals surface area (Å²) < 4.78 is 26.7. The lowest BCUT2D eigenvalue weighted by Gasteiger charge is -2.32. The molecule has 3 rings (SSSR count). The van der Waals surface area contributed by atoms with E-state index in [1.807, 2.05) is 6.07 Å². The number of anilines is 1. The summed E-state index contributed by atoms with van der Waals surface area (Å²) >= 11 is 0. The maximum absolute atomic E-state index is 12.6. The standard InChI is InChI=1S/C20H31N3O3S/c1-13(2)27(25,26)22-17-7-9-23(10-8-17)20(24)21-18-5-6-19-15(4)14(3)11-16(19)12-18/h5-6,12-15,17,22H,7-11H2,1-4H3,(H,21,24). The molecular weight excluding hydrogens is 362 g/mol. The molecule has 2 atom stereocenters. The summed E-state index contributed by atoms with van der Waals surface area (Å²) in [5, 5.41) is 2.56. The number of nitrogens with zero attached hydrogens (tertiary/aromatic N) is 1. The Morgan fingerprint density at radius 2 is 1.85 bits per heavy atom. The van der Waals surface area contributed by atoms with E-state index in [9.17, 15) is 13.2 Å². The Hall–Kier alpha value is -1.60. The number of sulfonamides is 1. The number of likely N-dealkylation sites (tertiary alicyclic amines) is 1. The minimum atomic E-state index is -3.27. The van der Waals surface area contributed by atoms with Gasteiger partial charge in [-0.25, -0.2) is 17.9 Å². The molecule has 150 valence electrons. The summed E-state index contributed by atoms with van der Waals surface area (Å²) in [5.41, 5.74) is 3.55. The largest absolute Gasteiger partial charge is 0.324 e. The number of hydrogen-bond acceptors (Lipinski definition) is 3. The molecule has 1 aromatic rings. The number of benzene rings is 1. The van der Waals surface area contributed by atoms with Crippen molar-refractivity contribution in [3.8, 4) is 0 Å². The van der Waals surface area contributed by atoms with Crippen molar-refractivity contribution in [3.05, 3.63) is 29.3 Å². The highest BCUT2D eigenvalue weighted by Gasteiger charge is 2.28. The van der Waals surface area contributed by atoms with Crippen LogP contribution in [-0.4, -0.2) is 43.7 Å². The lowest BCUT2D eigenvalue weighted by molar-refractivity contribution is 0.193. The van der Waals surface area contributed by atoms with Crippen molar-refractivity contribution in [2.45, 2.75) is 64.2 Å². The van der Waals surface area contributed by atoms with E-state index in [2.05, 4.69) is 36.0 Å². The Kier molecular flexibility index (Phi) is 5.82. The van der Waals surface area contributed by atoms with Gasteiger partial charge in [0, 0.05) is 24.8 Å². The maximum atomic E-state index is 12.6. The van der Waals surface area contributed by atoms with Gasteiger partial charge in [0.1, 0.15) is 0 Å². The average molecular weight is 394 g/mol. The lowest BCUT2D eigenvalue weighted by Crippen LogP contribution is -2.48. The third-order valence-electron chi connectivity index (χ3n) is 6.01. The molecule has 2 N–H and O–H groups in total. The van der Waals surface area contributed by atoms with Crippen molar-refractivity contribution in [1.82, 2.24) is 9.62 Å². The highest BCUT2D eigenvalue weighted by Crippen LogP contribution is 2.38. The van der Waals surface area contributed by atoms with Crippen LogP contribution in [0.25, 0.3) is 0 Å². The molecule has 1 heterocycles. The Balaban J connectivity index is 1.54. The smallest absolute Gasteiger partial charge is 0.321 e. The van der Waals surface area contributed by atoms with Crippen molar-refractivity contribution >= 4 is 21.7 Å². The molecular formula is C20H31N3O3S. The fourth-order valence-electron chi connectivity index (χ4n) is 3.91. The fraction of sp³-hybridized carbons (Fsp3) is 0.650. The second-order valence-corrected chi connectivity index (χ2v) is 10.6. The van der Waals surface area contributed by atoms with Gasteiger partial charge in [-0.2, -0.15) is 0 Å². The second kappa shape index (κ2) is 7.80. The van der Waals surface area contributed by atoms with E-state index in [4.69, 9.17) is 0 Å². The van der Waals surface area contributed by atoms with Gasteiger partial charge in [-0.3, -0.25) is 0 Å². The van der Waals surface area contributed by atoms with Crippen molar-refractivity contribution in [2.75, 3.05) is 18.4 Å². The van der Waals surface area contributed by atoms with Gasteiger partial charge in [0.25, 0.3) is 0 Å². The van der Waals surface area contributed by atoms with Crippen LogP contribution in [0.3, 0.4) is 0 Å². The van der Waals surface area contributed by atoms with Crippen LogP contribution in [0, 0.1) is 5.92 Å². The van der Waals surface area contributed by atoms with Crippen molar-refractivity contribution in [3.63, 3.8) is 0 Å². The minimum absolute atomic E-state index is 0.0931. The Labute approximate surface area is 162 Å². The highest BCUT2D eigenvalue weighted by atomic mass is 32.2. The van der Waals surface area contributed by atoms with Crippen LogP contribution in [0.15, 0.2) is 18.2 Å². The van der Waals surface area contributed by atoms with Crippen molar-refractivity contribution in [2.24, 2.45) is 5.92 Å². The quantitative estimate of drug-likeness (QED) is 0.824. The zero-order valence-corrected chi connectivity index (χ0v) is 17.5. The molecule has 1 fully saturated rings. The van der Waals surface area contributed by atoms with Gasteiger partial charge < -0.3 is 10.2 Å². The van der Waals surface area contributed by atoms with Crippen LogP contribution in [0.4, 0.5) is 10.5 Å². The fourth-order valence-corrected chi connectivity index (χ4v) is 4.88. The zero-order valence-electron chi connectivity index (χ0n) is 16.7. The monoisotopic (exact) mass is 393 g/mol. The predicted molar refractivity (Wildman–Crippen MR) is 109 cm³/mol. The number of rotatable bonds is 4. The molecule has 0 radical (unpaired) electrons. The van der Waals surface area contributed by atoms with Crippen LogP contribution < -0.4 is 10.0 Å². The van der Waals surface area contributed by atoms with Gasteiger partial charge in [-0.15, -0.1) is 0 Å².